The first-order valence-corrected chi connectivity index (χ1v) is 10.6. The maximum Gasteiger partial charge on any atom is 0.319 e. The fraction of sp³-hybridized carbons (Fsp3) is 0.208. The molecule has 0 aliphatic carbocycles. The lowest BCUT2D eigenvalue weighted by molar-refractivity contribution is 0.210. The summed E-state index contributed by atoms with van der Waals surface area (Å²) in [7, 11) is 0. The predicted molar refractivity (Wildman–Crippen MR) is 122 cm³/mol. The normalized spacial score (nSPS) is 12.0. The van der Waals surface area contributed by atoms with Crippen LogP contribution >= 0.6 is 0 Å². The molecule has 1 aromatic carbocycles. The van der Waals surface area contributed by atoms with E-state index in [4.69, 9.17) is 0 Å². The summed E-state index contributed by atoms with van der Waals surface area (Å²) in [5.41, 5.74) is 1.48. The van der Waals surface area contributed by atoms with Gasteiger partial charge < -0.3 is 20.7 Å². The molecule has 1 atom stereocenters. The maximum atomic E-state index is 15.2. The molecule has 1 unspecified atom stereocenters. The number of aliphatic hydroxyl groups excluding tert-OH is 1. The van der Waals surface area contributed by atoms with Crippen molar-refractivity contribution in [3.63, 3.8) is 0 Å². The number of amides is 2. The number of H-pyrrole nitrogens is 1. The first-order valence-electron chi connectivity index (χ1n) is 10.6. The SMILES string of the molecule is CCCCNC(=O)Nc1ccc(F)c(C(O)c2c[nH]c3ncc(-c4cccnc4)cc23)c1F. The molecule has 4 N–H and O–H groups in total. The molecular formula is C24H23F2N5O2. The standard InChI is InChI=1S/C24H23F2N5O2/c1-2-3-9-28-24(33)31-19-7-6-18(25)20(21(19)26)22(32)17-13-30-23-16(17)10-15(12-29-23)14-5-4-8-27-11-14/h4-8,10-13,22,32H,2-3,9H2,1H3,(H,29,30)(H2,28,31,33). The van der Waals surface area contributed by atoms with Crippen LogP contribution in [0.5, 0.6) is 0 Å². The molecule has 170 valence electrons. The highest BCUT2D eigenvalue weighted by molar-refractivity contribution is 5.89. The molecule has 0 saturated heterocycles. The fourth-order valence-electron chi connectivity index (χ4n) is 3.56. The van der Waals surface area contributed by atoms with E-state index in [0.717, 1.165) is 36.1 Å². The lowest BCUT2D eigenvalue weighted by Gasteiger charge is -2.16. The number of aromatic nitrogens is 3. The number of benzene rings is 1. The number of carbonyl (C=O) groups is 1. The zero-order valence-corrected chi connectivity index (χ0v) is 17.9. The Balaban J connectivity index is 1.67. The average molecular weight is 451 g/mol. The summed E-state index contributed by atoms with van der Waals surface area (Å²) >= 11 is 0. The summed E-state index contributed by atoms with van der Waals surface area (Å²) in [6, 6.07) is 6.95. The van der Waals surface area contributed by atoms with E-state index in [-0.39, 0.29) is 11.3 Å². The Kier molecular flexibility index (Phi) is 6.60. The number of aliphatic hydroxyl groups is 1. The second-order valence-electron chi connectivity index (χ2n) is 7.57. The molecule has 3 heterocycles. The van der Waals surface area contributed by atoms with Crippen molar-refractivity contribution in [2.75, 3.05) is 11.9 Å². The van der Waals surface area contributed by atoms with Crippen LogP contribution in [0, 0.1) is 11.6 Å². The molecule has 33 heavy (non-hydrogen) atoms. The van der Waals surface area contributed by atoms with E-state index in [0.29, 0.717) is 17.6 Å². The topological polar surface area (TPSA) is 103 Å². The molecular weight excluding hydrogens is 428 g/mol. The lowest BCUT2D eigenvalue weighted by Crippen LogP contribution is -2.30. The van der Waals surface area contributed by atoms with E-state index in [1.54, 1.807) is 30.7 Å². The Hall–Kier alpha value is -3.85. The number of nitrogens with zero attached hydrogens (tertiary/aromatic N) is 2. The molecule has 0 aliphatic heterocycles. The zero-order valence-electron chi connectivity index (χ0n) is 17.9. The number of anilines is 1. The first-order chi connectivity index (χ1) is 16.0. The Labute approximate surface area is 188 Å². The summed E-state index contributed by atoms with van der Waals surface area (Å²) in [5, 5.41) is 16.5. The van der Waals surface area contributed by atoms with Gasteiger partial charge in [-0.05, 0) is 30.7 Å². The number of halogens is 2. The number of rotatable bonds is 7. The van der Waals surface area contributed by atoms with Gasteiger partial charge in [0.25, 0.3) is 0 Å². The van der Waals surface area contributed by atoms with Crippen molar-refractivity contribution in [2.45, 2.75) is 25.9 Å². The lowest BCUT2D eigenvalue weighted by atomic mass is 9.98. The van der Waals surface area contributed by atoms with Gasteiger partial charge in [0.2, 0.25) is 0 Å². The fourth-order valence-corrected chi connectivity index (χ4v) is 3.56. The minimum atomic E-state index is -1.63. The maximum absolute atomic E-state index is 15.2. The van der Waals surface area contributed by atoms with Crippen LogP contribution in [0.15, 0.2) is 55.1 Å². The first kappa shape index (κ1) is 22.3. The molecule has 4 rings (SSSR count). The number of nitrogens with one attached hydrogen (secondary N) is 3. The Morgan fingerprint density at radius 3 is 2.82 bits per heavy atom. The third-order valence-corrected chi connectivity index (χ3v) is 5.32. The van der Waals surface area contributed by atoms with E-state index in [2.05, 4.69) is 25.6 Å². The van der Waals surface area contributed by atoms with Crippen LogP contribution in [0.1, 0.15) is 37.0 Å². The molecule has 7 nitrogen and oxygen atoms in total. The van der Waals surface area contributed by atoms with E-state index in [1.807, 2.05) is 13.0 Å². The Bertz CT molecular complexity index is 1280. The summed E-state index contributed by atoms with van der Waals surface area (Å²) in [4.78, 5) is 23.4. The van der Waals surface area contributed by atoms with E-state index in [9.17, 15) is 14.3 Å². The van der Waals surface area contributed by atoms with Gasteiger partial charge in [-0.1, -0.05) is 19.4 Å². The smallest absolute Gasteiger partial charge is 0.319 e. The molecule has 0 bridgehead atoms. The Morgan fingerprint density at radius 1 is 1.21 bits per heavy atom. The largest absolute Gasteiger partial charge is 0.383 e. The summed E-state index contributed by atoms with van der Waals surface area (Å²) < 4.78 is 29.8. The summed E-state index contributed by atoms with van der Waals surface area (Å²) in [6.07, 6.45) is 6.47. The van der Waals surface area contributed by atoms with Crippen molar-refractivity contribution in [1.82, 2.24) is 20.3 Å². The van der Waals surface area contributed by atoms with Crippen molar-refractivity contribution in [2.24, 2.45) is 0 Å². The van der Waals surface area contributed by atoms with Gasteiger partial charge in [0.15, 0.2) is 5.82 Å². The summed E-state index contributed by atoms with van der Waals surface area (Å²) in [5.74, 6) is -1.97. The van der Waals surface area contributed by atoms with Gasteiger partial charge in [0, 0.05) is 53.4 Å². The number of urea groups is 1. The third kappa shape index (κ3) is 4.68. The Morgan fingerprint density at radius 2 is 2.06 bits per heavy atom. The van der Waals surface area contributed by atoms with Gasteiger partial charge in [0.1, 0.15) is 17.6 Å². The second-order valence-corrected chi connectivity index (χ2v) is 7.57. The van der Waals surface area contributed by atoms with E-state index < -0.39 is 29.3 Å². The summed E-state index contributed by atoms with van der Waals surface area (Å²) in [6.45, 7) is 2.41. The number of hydrogen-bond donors (Lipinski definition) is 4. The van der Waals surface area contributed by atoms with Gasteiger partial charge in [-0.3, -0.25) is 4.98 Å². The highest BCUT2D eigenvalue weighted by atomic mass is 19.1. The molecule has 0 fully saturated rings. The van der Waals surface area contributed by atoms with Crippen LogP contribution in [-0.4, -0.2) is 32.6 Å². The highest BCUT2D eigenvalue weighted by Gasteiger charge is 2.25. The zero-order chi connectivity index (χ0) is 23.4. The van der Waals surface area contributed by atoms with Crippen molar-refractivity contribution in [3.05, 3.63) is 77.9 Å². The number of unbranched alkanes of at least 4 members (excludes halogenated alkanes) is 1. The highest BCUT2D eigenvalue weighted by Crippen LogP contribution is 2.35. The molecule has 0 spiro atoms. The molecule has 0 saturated carbocycles. The van der Waals surface area contributed by atoms with Crippen LogP contribution in [0.2, 0.25) is 0 Å². The number of fused-ring (bicyclic) bond motifs is 1. The van der Waals surface area contributed by atoms with Gasteiger partial charge in [0.05, 0.1) is 11.3 Å². The van der Waals surface area contributed by atoms with Crippen molar-refractivity contribution < 1.29 is 18.7 Å². The molecule has 0 aliphatic rings. The van der Waals surface area contributed by atoms with Crippen LogP contribution < -0.4 is 10.6 Å². The van der Waals surface area contributed by atoms with Crippen molar-refractivity contribution in [3.8, 4) is 11.1 Å². The van der Waals surface area contributed by atoms with Gasteiger partial charge >= 0.3 is 6.03 Å². The van der Waals surface area contributed by atoms with Crippen LogP contribution in [0.25, 0.3) is 22.2 Å². The minimum absolute atomic E-state index is 0.228. The number of aromatic amines is 1. The molecule has 9 heteroatoms. The predicted octanol–water partition coefficient (Wildman–Crippen LogP) is 4.91. The molecule has 2 amide bonds. The third-order valence-electron chi connectivity index (χ3n) is 5.32. The van der Waals surface area contributed by atoms with Gasteiger partial charge in [-0.15, -0.1) is 0 Å². The van der Waals surface area contributed by atoms with Gasteiger partial charge in [-0.25, -0.2) is 18.6 Å². The average Bonchev–Trinajstić information content (AvgIpc) is 3.25. The molecule has 4 aromatic rings. The molecule has 3 aromatic heterocycles. The van der Waals surface area contributed by atoms with Crippen molar-refractivity contribution >= 4 is 22.8 Å². The number of pyridine rings is 2. The van der Waals surface area contributed by atoms with Crippen LogP contribution in [-0.2, 0) is 0 Å². The molecule has 0 radical (unpaired) electrons. The number of hydrogen-bond acceptors (Lipinski definition) is 4. The van der Waals surface area contributed by atoms with Crippen LogP contribution in [0.3, 0.4) is 0 Å². The number of carbonyl (C=O) groups excluding carboxylic acids is 1. The van der Waals surface area contributed by atoms with Gasteiger partial charge in [-0.2, -0.15) is 0 Å². The quantitative estimate of drug-likeness (QED) is 0.300. The van der Waals surface area contributed by atoms with Crippen molar-refractivity contribution in [1.29, 1.82) is 0 Å². The minimum Gasteiger partial charge on any atom is -0.383 e. The van der Waals surface area contributed by atoms with E-state index in [1.165, 1.54) is 6.20 Å². The second kappa shape index (κ2) is 9.74. The van der Waals surface area contributed by atoms with Crippen LogP contribution in [0.4, 0.5) is 19.3 Å². The van der Waals surface area contributed by atoms with E-state index >= 15 is 4.39 Å². The monoisotopic (exact) mass is 451 g/mol.